The Balaban J connectivity index is 1.53. The van der Waals surface area contributed by atoms with Gasteiger partial charge in [0.05, 0.1) is 16.8 Å². The van der Waals surface area contributed by atoms with E-state index in [0.29, 0.717) is 22.2 Å². The summed E-state index contributed by atoms with van der Waals surface area (Å²) in [4.78, 5) is 25.7. The summed E-state index contributed by atoms with van der Waals surface area (Å²) in [5, 5.41) is 9.08. The molecule has 3 aromatic carbocycles. The fourth-order valence-corrected chi connectivity index (χ4v) is 4.57. The molecular weight excluding hydrogens is 507 g/mol. The number of halogens is 2. The highest BCUT2D eigenvalue weighted by atomic mass is 35.5. The molecule has 0 radical (unpaired) electrons. The average molecular weight is 535 g/mol. The van der Waals surface area contributed by atoms with Gasteiger partial charge in [-0.25, -0.2) is 5.43 Å². The Morgan fingerprint density at radius 1 is 0.973 bits per heavy atom. The number of para-hydroxylation sites is 1. The number of rotatable bonds is 8. The van der Waals surface area contributed by atoms with Crippen LogP contribution in [0.1, 0.15) is 41.0 Å². The molecule has 4 rings (SSSR count). The number of aromatic nitrogens is 1. The Hall–Kier alpha value is -3.61. The largest absolute Gasteiger partial charge is 0.340 e. The van der Waals surface area contributed by atoms with Crippen LogP contribution in [-0.4, -0.2) is 28.6 Å². The summed E-state index contributed by atoms with van der Waals surface area (Å²) in [6.07, 6.45) is 1.65. The molecule has 1 unspecified atom stereocenters. The third-order valence-electron chi connectivity index (χ3n) is 6.26. The molecule has 0 fully saturated rings. The van der Waals surface area contributed by atoms with Gasteiger partial charge in [0.15, 0.2) is 0 Å². The minimum atomic E-state index is -0.784. The zero-order chi connectivity index (χ0) is 26.5. The summed E-state index contributed by atoms with van der Waals surface area (Å²) in [7, 11) is 0. The molecule has 0 aliphatic rings. The van der Waals surface area contributed by atoms with Crippen molar-refractivity contribution >= 4 is 52.1 Å². The van der Waals surface area contributed by atoms with Crippen molar-refractivity contribution in [2.75, 3.05) is 0 Å². The molecule has 0 saturated carbocycles. The Kier molecular flexibility index (Phi) is 8.31. The fraction of sp³-hybridized carbons (Fsp3) is 0.207. The SMILES string of the molecule is Cc1c(/C=N\NC(=O)C(NC(=O)c2ccccc2Cl)C(C)C)c2ccccc2n1Cc1ccc(Cl)cc1. The summed E-state index contributed by atoms with van der Waals surface area (Å²) >= 11 is 12.2. The van der Waals surface area contributed by atoms with Crippen molar-refractivity contribution in [3.63, 3.8) is 0 Å². The first-order chi connectivity index (χ1) is 17.8. The zero-order valence-electron chi connectivity index (χ0n) is 20.8. The number of amides is 2. The molecule has 1 heterocycles. The van der Waals surface area contributed by atoms with Crippen LogP contribution in [0.3, 0.4) is 0 Å². The predicted molar refractivity (Wildman–Crippen MR) is 151 cm³/mol. The number of nitrogens with one attached hydrogen (secondary N) is 2. The van der Waals surface area contributed by atoms with Crippen LogP contribution in [0.5, 0.6) is 0 Å². The predicted octanol–water partition coefficient (Wildman–Crippen LogP) is 6.21. The lowest BCUT2D eigenvalue weighted by Gasteiger charge is -2.20. The van der Waals surface area contributed by atoms with Gasteiger partial charge in [0, 0.05) is 33.7 Å². The molecule has 1 aromatic heterocycles. The molecule has 4 aromatic rings. The number of nitrogens with zero attached hydrogens (tertiary/aromatic N) is 2. The number of benzene rings is 3. The molecule has 190 valence electrons. The van der Waals surface area contributed by atoms with Crippen LogP contribution in [0.25, 0.3) is 10.9 Å². The first kappa shape index (κ1) is 26.5. The minimum Gasteiger partial charge on any atom is -0.340 e. The molecule has 0 aliphatic carbocycles. The van der Waals surface area contributed by atoms with E-state index in [4.69, 9.17) is 23.2 Å². The van der Waals surface area contributed by atoms with Crippen molar-refractivity contribution in [3.05, 3.63) is 105 Å². The Bertz CT molecular complexity index is 1460. The lowest BCUT2D eigenvalue weighted by atomic mass is 10.0. The van der Waals surface area contributed by atoms with Crippen LogP contribution < -0.4 is 10.7 Å². The van der Waals surface area contributed by atoms with Crippen molar-refractivity contribution < 1.29 is 9.59 Å². The average Bonchev–Trinajstić information content (AvgIpc) is 3.14. The summed E-state index contributed by atoms with van der Waals surface area (Å²) in [6.45, 7) is 6.41. The van der Waals surface area contributed by atoms with E-state index in [0.717, 1.165) is 27.7 Å². The van der Waals surface area contributed by atoms with Crippen molar-refractivity contribution in [2.24, 2.45) is 11.0 Å². The highest BCUT2D eigenvalue weighted by Crippen LogP contribution is 2.26. The van der Waals surface area contributed by atoms with Gasteiger partial charge >= 0.3 is 0 Å². The molecule has 0 spiro atoms. The summed E-state index contributed by atoms with van der Waals surface area (Å²) in [5.74, 6) is -0.983. The third kappa shape index (κ3) is 6.04. The minimum absolute atomic E-state index is 0.162. The van der Waals surface area contributed by atoms with E-state index in [1.165, 1.54) is 0 Å². The monoisotopic (exact) mass is 534 g/mol. The van der Waals surface area contributed by atoms with Crippen molar-refractivity contribution in [1.82, 2.24) is 15.3 Å². The Labute approximate surface area is 226 Å². The van der Waals surface area contributed by atoms with Gasteiger partial charge in [-0.05, 0) is 48.7 Å². The maximum absolute atomic E-state index is 13.0. The summed E-state index contributed by atoms with van der Waals surface area (Å²) in [5.41, 5.74) is 7.03. The van der Waals surface area contributed by atoms with E-state index >= 15 is 0 Å². The first-order valence-corrected chi connectivity index (χ1v) is 12.7. The van der Waals surface area contributed by atoms with Gasteiger partial charge < -0.3 is 9.88 Å². The van der Waals surface area contributed by atoms with E-state index in [-0.39, 0.29) is 5.92 Å². The maximum atomic E-state index is 13.0. The van der Waals surface area contributed by atoms with Crippen molar-refractivity contribution in [2.45, 2.75) is 33.4 Å². The topological polar surface area (TPSA) is 75.5 Å². The molecular formula is C29H28Cl2N4O2. The van der Waals surface area contributed by atoms with Gasteiger partial charge in [0.25, 0.3) is 11.8 Å². The van der Waals surface area contributed by atoms with Crippen LogP contribution in [0.4, 0.5) is 0 Å². The van der Waals surface area contributed by atoms with Crippen LogP contribution in [0.2, 0.25) is 10.0 Å². The normalized spacial score (nSPS) is 12.3. The van der Waals surface area contributed by atoms with E-state index in [9.17, 15) is 9.59 Å². The lowest BCUT2D eigenvalue weighted by Crippen LogP contribution is -2.48. The third-order valence-corrected chi connectivity index (χ3v) is 6.84. The number of carbonyl (C=O) groups is 2. The quantitative estimate of drug-likeness (QED) is 0.208. The van der Waals surface area contributed by atoms with Gasteiger partial charge in [0.1, 0.15) is 6.04 Å². The van der Waals surface area contributed by atoms with Crippen LogP contribution in [0.15, 0.2) is 77.9 Å². The van der Waals surface area contributed by atoms with Crippen molar-refractivity contribution in [3.8, 4) is 0 Å². The molecule has 6 nitrogen and oxygen atoms in total. The maximum Gasteiger partial charge on any atom is 0.262 e. The van der Waals surface area contributed by atoms with Gasteiger partial charge in [0.2, 0.25) is 0 Å². The van der Waals surface area contributed by atoms with E-state index < -0.39 is 17.9 Å². The Morgan fingerprint density at radius 3 is 2.35 bits per heavy atom. The summed E-state index contributed by atoms with van der Waals surface area (Å²) in [6, 6.07) is 21.8. The van der Waals surface area contributed by atoms with Crippen LogP contribution in [-0.2, 0) is 11.3 Å². The van der Waals surface area contributed by atoms with E-state index in [1.807, 2.05) is 63.2 Å². The molecule has 0 aliphatic heterocycles. The van der Waals surface area contributed by atoms with E-state index in [2.05, 4.69) is 26.5 Å². The van der Waals surface area contributed by atoms with Gasteiger partial charge in [-0.15, -0.1) is 0 Å². The van der Waals surface area contributed by atoms with E-state index in [1.54, 1.807) is 30.5 Å². The van der Waals surface area contributed by atoms with Crippen LogP contribution >= 0.6 is 23.2 Å². The molecule has 1 atom stereocenters. The smallest absolute Gasteiger partial charge is 0.262 e. The zero-order valence-corrected chi connectivity index (χ0v) is 22.3. The highest BCUT2D eigenvalue weighted by molar-refractivity contribution is 6.33. The fourth-order valence-electron chi connectivity index (χ4n) is 4.23. The molecule has 0 bridgehead atoms. The number of fused-ring (bicyclic) bond motifs is 1. The second kappa shape index (κ2) is 11.6. The number of hydrazone groups is 1. The molecule has 37 heavy (non-hydrogen) atoms. The molecule has 2 N–H and O–H groups in total. The molecule has 2 amide bonds. The van der Waals surface area contributed by atoms with Gasteiger partial charge in [-0.1, -0.05) is 79.5 Å². The number of hydrogen-bond acceptors (Lipinski definition) is 3. The Morgan fingerprint density at radius 2 is 1.65 bits per heavy atom. The summed E-state index contributed by atoms with van der Waals surface area (Å²) < 4.78 is 2.21. The number of hydrogen-bond donors (Lipinski definition) is 2. The molecule has 8 heteroatoms. The second-order valence-corrected chi connectivity index (χ2v) is 9.98. The highest BCUT2D eigenvalue weighted by Gasteiger charge is 2.25. The van der Waals surface area contributed by atoms with Crippen LogP contribution in [0, 0.1) is 12.8 Å². The lowest BCUT2D eigenvalue weighted by molar-refractivity contribution is -0.123. The van der Waals surface area contributed by atoms with Crippen molar-refractivity contribution in [1.29, 1.82) is 0 Å². The van der Waals surface area contributed by atoms with Gasteiger partial charge in [-0.3, -0.25) is 9.59 Å². The van der Waals surface area contributed by atoms with Gasteiger partial charge in [-0.2, -0.15) is 5.10 Å². The molecule has 0 saturated heterocycles. The second-order valence-electron chi connectivity index (χ2n) is 9.14. The first-order valence-electron chi connectivity index (χ1n) is 12.0. The standard InChI is InChI=1S/C29H28Cl2N4O2/c1-18(2)27(33-28(36)23-9-4-6-10-25(23)31)29(37)34-32-16-24-19(3)35(26-11-7-5-8-22(24)26)17-20-12-14-21(30)15-13-20/h4-16,18,27H,17H2,1-3H3,(H,33,36)(H,34,37)/b32-16-. The number of carbonyl (C=O) groups excluding carboxylic acids is 2.